The van der Waals surface area contributed by atoms with Gasteiger partial charge in [-0.05, 0) is 57.4 Å². The van der Waals surface area contributed by atoms with E-state index in [1.807, 2.05) is 51.1 Å². The van der Waals surface area contributed by atoms with Crippen LogP contribution in [0.2, 0.25) is 0 Å². The summed E-state index contributed by atoms with van der Waals surface area (Å²) in [5.41, 5.74) is 3.03. The summed E-state index contributed by atoms with van der Waals surface area (Å²) in [4.78, 5) is 23.9. The van der Waals surface area contributed by atoms with Crippen molar-refractivity contribution in [2.75, 3.05) is 25.1 Å². The van der Waals surface area contributed by atoms with Crippen LogP contribution in [0.1, 0.15) is 42.8 Å². The lowest BCUT2D eigenvalue weighted by atomic mass is 9.95. The van der Waals surface area contributed by atoms with Gasteiger partial charge in [-0.3, -0.25) is 4.79 Å². The van der Waals surface area contributed by atoms with Crippen LogP contribution in [0.5, 0.6) is 5.75 Å². The molecule has 3 rings (SSSR count). The summed E-state index contributed by atoms with van der Waals surface area (Å²) in [6, 6.07) is 9.77. The molecule has 6 nitrogen and oxygen atoms in total. The number of anilines is 1. The van der Waals surface area contributed by atoms with Gasteiger partial charge in [0.25, 0.3) is 0 Å². The molecule has 1 aromatic heterocycles. The normalized spacial score (nSPS) is 16.1. The van der Waals surface area contributed by atoms with Crippen LogP contribution in [0.15, 0.2) is 30.3 Å². The number of nitrogens with zero attached hydrogens (tertiary/aromatic N) is 3. The number of ether oxygens (including phenoxy) is 1. The van der Waals surface area contributed by atoms with Crippen LogP contribution < -0.4 is 15.0 Å². The minimum Gasteiger partial charge on any atom is -0.497 e. The minimum absolute atomic E-state index is 0.0239. The van der Waals surface area contributed by atoms with Crippen molar-refractivity contribution < 1.29 is 9.53 Å². The fourth-order valence-corrected chi connectivity index (χ4v) is 3.50. The number of amides is 1. The molecule has 1 aliphatic rings. The van der Waals surface area contributed by atoms with Crippen molar-refractivity contribution >= 4 is 11.9 Å². The van der Waals surface area contributed by atoms with Gasteiger partial charge in [-0.2, -0.15) is 0 Å². The molecule has 0 radical (unpaired) electrons. The van der Waals surface area contributed by atoms with Gasteiger partial charge in [-0.25, -0.2) is 9.97 Å². The Morgan fingerprint density at radius 3 is 2.30 bits per heavy atom. The van der Waals surface area contributed by atoms with Gasteiger partial charge in [0, 0.05) is 30.4 Å². The van der Waals surface area contributed by atoms with Crippen molar-refractivity contribution in [2.24, 2.45) is 5.92 Å². The van der Waals surface area contributed by atoms with Crippen LogP contribution in [-0.4, -0.2) is 36.1 Å². The van der Waals surface area contributed by atoms with E-state index in [0.717, 1.165) is 54.6 Å². The highest BCUT2D eigenvalue weighted by Gasteiger charge is 2.27. The van der Waals surface area contributed by atoms with E-state index < -0.39 is 0 Å². The number of methoxy groups -OCH3 is 1. The molecule has 0 bridgehead atoms. The Balaban J connectivity index is 1.54. The molecule has 27 heavy (non-hydrogen) atoms. The molecule has 1 fully saturated rings. The highest BCUT2D eigenvalue weighted by atomic mass is 16.5. The van der Waals surface area contributed by atoms with Crippen molar-refractivity contribution in [1.29, 1.82) is 0 Å². The Morgan fingerprint density at radius 2 is 1.74 bits per heavy atom. The molecule has 144 valence electrons. The number of piperidine rings is 1. The van der Waals surface area contributed by atoms with Crippen molar-refractivity contribution in [3.05, 3.63) is 47.3 Å². The maximum atomic E-state index is 12.7. The maximum Gasteiger partial charge on any atom is 0.225 e. The van der Waals surface area contributed by atoms with Crippen LogP contribution in [0, 0.1) is 19.8 Å². The molecule has 1 aromatic carbocycles. The Morgan fingerprint density at radius 1 is 1.15 bits per heavy atom. The first-order chi connectivity index (χ1) is 13.0. The summed E-state index contributed by atoms with van der Waals surface area (Å²) in [5, 5.41) is 3.15. The molecule has 2 aromatic rings. The van der Waals surface area contributed by atoms with Gasteiger partial charge in [0.2, 0.25) is 11.9 Å². The van der Waals surface area contributed by atoms with E-state index in [1.165, 1.54) is 0 Å². The summed E-state index contributed by atoms with van der Waals surface area (Å²) in [7, 11) is 1.65. The predicted octanol–water partition coefficient (Wildman–Crippen LogP) is 3.20. The molecule has 2 heterocycles. The quantitative estimate of drug-likeness (QED) is 0.878. The van der Waals surface area contributed by atoms with E-state index in [1.54, 1.807) is 7.11 Å². The summed E-state index contributed by atoms with van der Waals surface area (Å²) in [5.74, 6) is 1.75. The molecule has 0 spiro atoms. The molecule has 1 N–H and O–H groups in total. The second kappa shape index (κ2) is 8.37. The Hall–Kier alpha value is -2.63. The Bertz CT molecular complexity index is 763. The summed E-state index contributed by atoms with van der Waals surface area (Å²) in [6.45, 7) is 7.59. The number of carbonyl (C=O) groups is 1. The second-order valence-corrected chi connectivity index (χ2v) is 7.22. The van der Waals surface area contributed by atoms with Gasteiger partial charge in [0.15, 0.2) is 0 Å². The average Bonchev–Trinajstić information content (AvgIpc) is 2.67. The lowest BCUT2D eigenvalue weighted by molar-refractivity contribution is -0.126. The number of hydrogen-bond acceptors (Lipinski definition) is 5. The van der Waals surface area contributed by atoms with E-state index >= 15 is 0 Å². The fraction of sp³-hybridized carbons (Fsp3) is 0.476. The van der Waals surface area contributed by atoms with E-state index in [-0.39, 0.29) is 17.9 Å². The van der Waals surface area contributed by atoms with Gasteiger partial charge in [-0.15, -0.1) is 0 Å². The van der Waals surface area contributed by atoms with Crippen LogP contribution in [-0.2, 0) is 4.79 Å². The molecular formula is C21H28N4O2. The van der Waals surface area contributed by atoms with Crippen molar-refractivity contribution in [3.63, 3.8) is 0 Å². The number of nitrogens with one attached hydrogen (secondary N) is 1. The van der Waals surface area contributed by atoms with E-state index in [0.29, 0.717) is 0 Å². The first kappa shape index (κ1) is 19.1. The van der Waals surface area contributed by atoms with Crippen molar-refractivity contribution in [3.8, 4) is 5.75 Å². The molecule has 0 aliphatic carbocycles. The van der Waals surface area contributed by atoms with E-state index in [2.05, 4.69) is 20.2 Å². The average molecular weight is 368 g/mol. The third kappa shape index (κ3) is 4.76. The summed E-state index contributed by atoms with van der Waals surface area (Å²) in [6.07, 6.45) is 1.63. The van der Waals surface area contributed by atoms with Crippen molar-refractivity contribution in [2.45, 2.75) is 39.7 Å². The number of aromatic nitrogens is 2. The number of aryl methyl sites for hydroxylation is 2. The molecule has 0 saturated carbocycles. The lowest BCUT2D eigenvalue weighted by Crippen LogP contribution is -2.41. The van der Waals surface area contributed by atoms with Gasteiger partial charge in [-0.1, -0.05) is 12.1 Å². The Kier molecular flexibility index (Phi) is 5.94. The molecular weight excluding hydrogens is 340 g/mol. The zero-order valence-corrected chi connectivity index (χ0v) is 16.5. The minimum atomic E-state index is -0.0239. The summed E-state index contributed by atoms with van der Waals surface area (Å²) < 4.78 is 5.18. The fourth-order valence-electron chi connectivity index (χ4n) is 3.50. The van der Waals surface area contributed by atoms with Gasteiger partial charge >= 0.3 is 0 Å². The zero-order chi connectivity index (χ0) is 19.4. The monoisotopic (exact) mass is 368 g/mol. The lowest BCUT2D eigenvalue weighted by Gasteiger charge is -2.32. The second-order valence-electron chi connectivity index (χ2n) is 7.22. The predicted molar refractivity (Wildman–Crippen MR) is 106 cm³/mol. The summed E-state index contributed by atoms with van der Waals surface area (Å²) >= 11 is 0. The Labute approximate surface area is 161 Å². The third-order valence-corrected chi connectivity index (χ3v) is 5.09. The van der Waals surface area contributed by atoms with Gasteiger partial charge in [0.1, 0.15) is 5.75 Å². The highest BCUT2D eigenvalue weighted by molar-refractivity contribution is 5.79. The maximum absolute atomic E-state index is 12.7. The molecule has 1 unspecified atom stereocenters. The molecule has 6 heteroatoms. The number of rotatable bonds is 5. The first-order valence-corrected chi connectivity index (χ1v) is 9.48. The number of carbonyl (C=O) groups excluding carboxylic acids is 1. The van der Waals surface area contributed by atoms with Crippen LogP contribution in [0.4, 0.5) is 5.95 Å². The largest absolute Gasteiger partial charge is 0.497 e. The number of benzene rings is 1. The molecule has 1 amide bonds. The van der Waals surface area contributed by atoms with E-state index in [4.69, 9.17) is 4.74 Å². The van der Waals surface area contributed by atoms with Crippen LogP contribution in [0.3, 0.4) is 0 Å². The van der Waals surface area contributed by atoms with Crippen molar-refractivity contribution in [1.82, 2.24) is 15.3 Å². The van der Waals surface area contributed by atoms with Gasteiger partial charge in [0.05, 0.1) is 13.2 Å². The van der Waals surface area contributed by atoms with Crippen LogP contribution >= 0.6 is 0 Å². The highest BCUT2D eigenvalue weighted by Crippen LogP contribution is 2.23. The third-order valence-electron chi connectivity index (χ3n) is 5.09. The molecule has 1 aliphatic heterocycles. The topological polar surface area (TPSA) is 67.3 Å². The molecule has 1 saturated heterocycles. The number of hydrogen-bond donors (Lipinski definition) is 1. The standard InChI is InChI=1S/C21H28N4O2/c1-14-13-15(2)23-21(22-14)25-11-9-18(10-12-25)20(26)24-16(3)17-5-7-19(27-4)8-6-17/h5-8,13,16,18H,9-12H2,1-4H3,(H,24,26). The first-order valence-electron chi connectivity index (χ1n) is 9.48. The van der Waals surface area contributed by atoms with E-state index in [9.17, 15) is 4.79 Å². The SMILES string of the molecule is COc1ccc(C(C)NC(=O)C2CCN(c3nc(C)cc(C)n3)CC2)cc1. The smallest absolute Gasteiger partial charge is 0.225 e. The molecule has 1 atom stereocenters. The zero-order valence-electron chi connectivity index (χ0n) is 16.5. The van der Waals surface area contributed by atoms with Crippen LogP contribution in [0.25, 0.3) is 0 Å². The van der Waals surface area contributed by atoms with Gasteiger partial charge < -0.3 is 15.0 Å².